The molecule has 4 rings (SSSR count). The van der Waals surface area contributed by atoms with Crippen LogP contribution >= 0.6 is 0 Å². The lowest BCUT2D eigenvalue weighted by Gasteiger charge is -2.09. The minimum Gasteiger partial charge on any atom is -0.489 e. The first-order chi connectivity index (χ1) is 14.7. The van der Waals surface area contributed by atoms with Crippen molar-refractivity contribution in [1.29, 1.82) is 0 Å². The Morgan fingerprint density at radius 1 is 1.07 bits per heavy atom. The van der Waals surface area contributed by atoms with Crippen molar-refractivity contribution in [3.05, 3.63) is 84.3 Å². The van der Waals surface area contributed by atoms with Crippen LogP contribution in [0.25, 0.3) is 22.0 Å². The van der Waals surface area contributed by atoms with Crippen molar-refractivity contribution in [3.8, 4) is 16.9 Å². The normalized spacial score (nSPS) is 10.8. The SMILES string of the molecule is CCOC(=O)CCc1ccncc1-c1c[nH]c2cc(OCc3ccccc3)ccc12. The Bertz CT molecular complexity index is 1140. The molecule has 152 valence electrons. The number of H-pyrrole nitrogens is 1. The molecule has 0 amide bonds. The fourth-order valence-corrected chi connectivity index (χ4v) is 3.51. The fraction of sp³-hybridized carbons (Fsp3) is 0.200. The van der Waals surface area contributed by atoms with E-state index in [0.717, 1.165) is 38.9 Å². The van der Waals surface area contributed by atoms with Crippen LogP contribution < -0.4 is 4.74 Å². The van der Waals surface area contributed by atoms with Gasteiger partial charge in [-0.3, -0.25) is 9.78 Å². The van der Waals surface area contributed by atoms with E-state index in [-0.39, 0.29) is 5.97 Å². The second kappa shape index (κ2) is 9.27. The van der Waals surface area contributed by atoms with Crippen LogP contribution in [0.5, 0.6) is 5.75 Å². The second-order valence-corrected chi connectivity index (χ2v) is 7.02. The number of hydrogen-bond acceptors (Lipinski definition) is 4. The van der Waals surface area contributed by atoms with Gasteiger partial charge in [0.25, 0.3) is 0 Å². The molecule has 1 N–H and O–H groups in total. The maximum atomic E-state index is 11.8. The Balaban J connectivity index is 1.55. The first kappa shape index (κ1) is 19.7. The van der Waals surface area contributed by atoms with Gasteiger partial charge >= 0.3 is 5.97 Å². The number of esters is 1. The van der Waals surface area contributed by atoms with Gasteiger partial charge < -0.3 is 14.5 Å². The maximum absolute atomic E-state index is 11.8. The van der Waals surface area contributed by atoms with E-state index in [9.17, 15) is 4.79 Å². The highest BCUT2D eigenvalue weighted by molar-refractivity contribution is 5.96. The molecule has 0 atom stereocenters. The molecule has 0 aliphatic rings. The van der Waals surface area contributed by atoms with Crippen molar-refractivity contribution in [2.45, 2.75) is 26.4 Å². The maximum Gasteiger partial charge on any atom is 0.306 e. The number of pyridine rings is 1. The van der Waals surface area contributed by atoms with Crippen molar-refractivity contribution in [2.24, 2.45) is 0 Å². The number of hydrogen-bond donors (Lipinski definition) is 1. The zero-order chi connectivity index (χ0) is 20.8. The standard InChI is InChI=1S/C25H24N2O3/c1-2-29-25(28)11-8-19-12-13-26-15-22(19)23-16-27-24-14-20(9-10-21(23)24)30-17-18-6-4-3-5-7-18/h3-7,9-10,12-16,27H,2,8,11,17H2,1H3. The van der Waals surface area contributed by atoms with Crippen molar-refractivity contribution in [1.82, 2.24) is 9.97 Å². The highest BCUT2D eigenvalue weighted by Crippen LogP contribution is 2.33. The van der Waals surface area contributed by atoms with Gasteiger partial charge in [0.15, 0.2) is 0 Å². The van der Waals surface area contributed by atoms with Crippen LogP contribution in [0.15, 0.2) is 73.2 Å². The molecule has 0 spiro atoms. The lowest BCUT2D eigenvalue weighted by atomic mass is 9.98. The number of aromatic amines is 1. The quantitative estimate of drug-likeness (QED) is 0.407. The second-order valence-electron chi connectivity index (χ2n) is 7.02. The number of carbonyl (C=O) groups excluding carboxylic acids is 1. The van der Waals surface area contributed by atoms with Crippen LogP contribution in [0.3, 0.4) is 0 Å². The van der Waals surface area contributed by atoms with Gasteiger partial charge in [0, 0.05) is 53.1 Å². The topological polar surface area (TPSA) is 64.2 Å². The highest BCUT2D eigenvalue weighted by atomic mass is 16.5. The molecule has 0 bridgehead atoms. The number of carbonyl (C=O) groups is 1. The Hall–Kier alpha value is -3.60. The molecular formula is C25H24N2O3. The summed E-state index contributed by atoms with van der Waals surface area (Å²) in [5, 5.41) is 1.09. The smallest absolute Gasteiger partial charge is 0.306 e. The number of nitrogens with one attached hydrogen (secondary N) is 1. The van der Waals surface area contributed by atoms with Crippen molar-refractivity contribution in [3.63, 3.8) is 0 Å². The summed E-state index contributed by atoms with van der Waals surface area (Å²) in [5.41, 5.74) is 5.28. The molecule has 0 saturated heterocycles. The zero-order valence-corrected chi connectivity index (χ0v) is 16.9. The average molecular weight is 400 g/mol. The summed E-state index contributed by atoms with van der Waals surface area (Å²) < 4.78 is 11.0. The zero-order valence-electron chi connectivity index (χ0n) is 16.9. The minimum absolute atomic E-state index is 0.181. The van der Waals surface area contributed by atoms with Crippen LogP contribution in [-0.4, -0.2) is 22.5 Å². The Morgan fingerprint density at radius 3 is 2.77 bits per heavy atom. The van der Waals surface area contributed by atoms with Crippen molar-refractivity contribution >= 4 is 16.9 Å². The van der Waals surface area contributed by atoms with E-state index in [1.165, 1.54) is 0 Å². The van der Waals surface area contributed by atoms with Crippen LogP contribution in [-0.2, 0) is 22.6 Å². The molecule has 30 heavy (non-hydrogen) atoms. The summed E-state index contributed by atoms with van der Waals surface area (Å²) in [6.07, 6.45) is 6.56. The fourth-order valence-electron chi connectivity index (χ4n) is 3.51. The van der Waals surface area contributed by atoms with Gasteiger partial charge in [-0.15, -0.1) is 0 Å². The van der Waals surface area contributed by atoms with Gasteiger partial charge in [0.1, 0.15) is 12.4 Å². The lowest BCUT2D eigenvalue weighted by molar-refractivity contribution is -0.143. The summed E-state index contributed by atoms with van der Waals surface area (Å²) in [7, 11) is 0. The monoisotopic (exact) mass is 400 g/mol. The van der Waals surface area contributed by atoms with Gasteiger partial charge in [0.05, 0.1) is 6.61 Å². The molecule has 0 unspecified atom stereocenters. The molecule has 0 fully saturated rings. The van der Waals surface area contributed by atoms with Crippen LogP contribution in [0, 0.1) is 0 Å². The Labute approximate surface area is 175 Å². The van der Waals surface area contributed by atoms with Crippen molar-refractivity contribution < 1.29 is 14.3 Å². The number of aromatic nitrogens is 2. The number of aryl methyl sites for hydroxylation is 1. The Morgan fingerprint density at radius 2 is 1.93 bits per heavy atom. The summed E-state index contributed by atoms with van der Waals surface area (Å²) in [6, 6.07) is 18.1. The van der Waals surface area contributed by atoms with E-state index in [2.05, 4.69) is 16.0 Å². The van der Waals surface area contributed by atoms with E-state index in [1.807, 2.05) is 67.8 Å². The van der Waals surface area contributed by atoms with E-state index >= 15 is 0 Å². The number of rotatable bonds is 8. The molecule has 0 radical (unpaired) electrons. The predicted molar refractivity (Wildman–Crippen MR) is 117 cm³/mol. The molecule has 2 aromatic carbocycles. The first-order valence-electron chi connectivity index (χ1n) is 10.1. The number of nitrogens with zero attached hydrogens (tertiary/aromatic N) is 1. The summed E-state index contributed by atoms with van der Waals surface area (Å²) in [6.45, 7) is 2.75. The summed E-state index contributed by atoms with van der Waals surface area (Å²) in [5.74, 6) is 0.632. The average Bonchev–Trinajstić information content (AvgIpc) is 3.20. The van der Waals surface area contributed by atoms with Gasteiger partial charge in [-0.2, -0.15) is 0 Å². The van der Waals surface area contributed by atoms with E-state index < -0.39 is 0 Å². The predicted octanol–water partition coefficient (Wildman–Crippen LogP) is 5.30. The van der Waals surface area contributed by atoms with Gasteiger partial charge in [-0.25, -0.2) is 0 Å². The molecule has 0 saturated carbocycles. The van der Waals surface area contributed by atoms with E-state index in [0.29, 0.717) is 26.1 Å². The third-order valence-electron chi connectivity index (χ3n) is 5.01. The number of fused-ring (bicyclic) bond motifs is 1. The summed E-state index contributed by atoms with van der Waals surface area (Å²) >= 11 is 0. The third kappa shape index (κ3) is 4.51. The molecule has 0 aliphatic carbocycles. The molecule has 2 aromatic heterocycles. The van der Waals surface area contributed by atoms with E-state index in [1.54, 1.807) is 6.20 Å². The molecule has 5 nitrogen and oxygen atoms in total. The largest absolute Gasteiger partial charge is 0.489 e. The lowest BCUT2D eigenvalue weighted by Crippen LogP contribution is -2.05. The highest BCUT2D eigenvalue weighted by Gasteiger charge is 2.13. The van der Waals surface area contributed by atoms with Gasteiger partial charge in [0.2, 0.25) is 0 Å². The first-order valence-corrected chi connectivity index (χ1v) is 10.1. The minimum atomic E-state index is -0.181. The third-order valence-corrected chi connectivity index (χ3v) is 5.01. The molecule has 2 heterocycles. The van der Waals surface area contributed by atoms with Gasteiger partial charge in [-0.05, 0) is 42.7 Å². The number of ether oxygens (including phenoxy) is 2. The molecular weight excluding hydrogens is 376 g/mol. The summed E-state index contributed by atoms with van der Waals surface area (Å²) in [4.78, 5) is 19.4. The van der Waals surface area contributed by atoms with Gasteiger partial charge in [-0.1, -0.05) is 30.3 Å². The molecule has 4 aromatic rings. The van der Waals surface area contributed by atoms with Crippen LogP contribution in [0.2, 0.25) is 0 Å². The molecule has 0 aliphatic heterocycles. The van der Waals surface area contributed by atoms with Crippen LogP contribution in [0.1, 0.15) is 24.5 Å². The number of benzene rings is 2. The van der Waals surface area contributed by atoms with Crippen molar-refractivity contribution in [2.75, 3.05) is 6.61 Å². The molecule has 5 heteroatoms. The van der Waals surface area contributed by atoms with E-state index in [4.69, 9.17) is 9.47 Å². The van der Waals surface area contributed by atoms with Crippen LogP contribution in [0.4, 0.5) is 0 Å². The Kier molecular flexibility index (Phi) is 6.09.